The van der Waals surface area contributed by atoms with Gasteiger partial charge in [0.25, 0.3) is 0 Å². The van der Waals surface area contributed by atoms with Crippen LogP contribution in [0.2, 0.25) is 0 Å². The molecule has 0 saturated heterocycles. The van der Waals surface area contributed by atoms with Gasteiger partial charge in [0.2, 0.25) is 0 Å². The highest BCUT2D eigenvalue weighted by atomic mass is 16.3. The Hall–Kier alpha value is -1.48. The fourth-order valence-corrected chi connectivity index (χ4v) is 0.488. The van der Waals surface area contributed by atoms with Crippen LogP contribution >= 0.6 is 0 Å². The van der Waals surface area contributed by atoms with Gasteiger partial charge < -0.3 is 16.6 Å². The first-order chi connectivity index (χ1) is 5.72. The van der Waals surface area contributed by atoms with E-state index >= 15 is 0 Å². The molecule has 3 nitrogen and oxygen atoms in total. The van der Waals surface area contributed by atoms with Gasteiger partial charge in [-0.1, -0.05) is 18.2 Å². The number of nitrogens with two attached hydrogens (primary N) is 2. The standard InChI is InChI=1S/C6H7NO.C3H7N/c7-5-3-1-2-4-6(5)8;1-2-3-4/h1-4,8H,7H2;2H,1,3-4H2. The van der Waals surface area contributed by atoms with Crippen molar-refractivity contribution in [3.63, 3.8) is 0 Å². The number of aromatic hydroxyl groups is 1. The number of hydrogen-bond donors (Lipinski definition) is 3. The molecule has 0 fully saturated rings. The smallest absolute Gasteiger partial charge is 0.138 e. The van der Waals surface area contributed by atoms with Gasteiger partial charge in [-0.05, 0) is 12.1 Å². The Bertz CT molecular complexity index is 215. The Morgan fingerprint density at radius 1 is 1.42 bits per heavy atom. The molecule has 0 radical (unpaired) electrons. The predicted molar refractivity (Wildman–Crippen MR) is 51.8 cm³/mol. The van der Waals surface area contributed by atoms with Crippen molar-refractivity contribution in [3.05, 3.63) is 36.9 Å². The van der Waals surface area contributed by atoms with Crippen molar-refractivity contribution in [2.75, 3.05) is 12.3 Å². The molecular formula is C9H14N2O. The molecule has 0 atom stereocenters. The van der Waals surface area contributed by atoms with Crippen molar-refractivity contribution < 1.29 is 5.11 Å². The number of phenolic OH excluding ortho intramolecular Hbond substituents is 1. The van der Waals surface area contributed by atoms with E-state index in [1.54, 1.807) is 30.3 Å². The second-order valence-electron chi connectivity index (χ2n) is 2.08. The van der Waals surface area contributed by atoms with Gasteiger partial charge in [-0.3, -0.25) is 0 Å². The van der Waals surface area contributed by atoms with E-state index in [2.05, 4.69) is 6.58 Å². The van der Waals surface area contributed by atoms with Gasteiger partial charge in [0.1, 0.15) is 5.75 Å². The highest BCUT2D eigenvalue weighted by Crippen LogP contribution is 2.16. The summed E-state index contributed by atoms with van der Waals surface area (Å²) >= 11 is 0. The van der Waals surface area contributed by atoms with Crippen molar-refractivity contribution in [1.29, 1.82) is 0 Å². The van der Waals surface area contributed by atoms with Crippen LogP contribution in [0.25, 0.3) is 0 Å². The summed E-state index contributed by atoms with van der Waals surface area (Å²) in [4.78, 5) is 0. The van der Waals surface area contributed by atoms with Crippen molar-refractivity contribution >= 4 is 5.69 Å². The minimum atomic E-state index is 0.146. The van der Waals surface area contributed by atoms with Crippen LogP contribution in [0.15, 0.2) is 36.9 Å². The molecule has 0 unspecified atom stereocenters. The molecule has 1 aromatic rings. The minimum Gasteiger partial charge on any atom is -0.506 e. The first kappa shape index (κ1) is 10.5. The van der Waals surface area contributed by atoms with Crippen molar-refractivity contribution in [2.45, 2.75) is 0 Å². The van der Waals surface area contributed by atoms with Gasteiger partial charge in [0, 0.05) is 6.54 Å². The summed E-state index contributed by atoms with van der Waals surface area (Å²) < 4.78 is 0. The van der Waals surface area contributed by atoms with Gasteiger partial charge in [-0.15, -0.1) is 6.58 Å². The van der Waals surface area contributed by atoms with E-state index in [-0.39, 0.29) is 5.75 Å². The maximum atomic E-state index is 8.79. The molecule has 0 aliphatic heterocycles. The third kappa shape index (κ3) is 4.35. The lowest BCUT2D eigenvalue weighted by Crippen LogP contribution is -1.90. The summed E-state index contributed by atoms with van der Waals surface area (Å²) in [6.45, 7) is 3.94. The van der Waals surface area contributed by atoms with E-state index in [9.17, 15) is 0 Å². The van der Waals surface area contributed by atoms with Gasteiger partial charge in [-0.2, -0.15) is 0 Å². The molecule has 12 heavy (non-hydrogen) atoms. The lowest BCUT2D eigenvalue weighted by atomic mass is 10.3. The fourth-order valence-electron chi connectivity index (χ4n) is 0.488. The summed E-state index contributed by atoms with van der Waals surface area (Å²) in [6, 6.07) is 6.70. The number of anilines is 1. The van der Waals surface area contributed by atoms with Crippen molar-refractivity contribution in [2.24, 2.45) is 5.73 Å². The number of phenols is 1. The van der Waals surface area contributed by atoms with Crippen LogP contribution in [0, 0.1) is 0 Å². The Kier molecular flexibility index (Phi) is 5.47. The quantitative estimate of drug-likeness (QED) is 0.332. The van der Waals surface area contributed by atoms with E-state index < -0.39 is 0 Å². The molecule has 0 saturated carbocycles. The zero-order chi connectivity index (χ0) is 9.40. The van der Waals surface area contributed by atoms with Gasteiger partial charge in [-0.25, -0.2) is 0 Å². The van der Waals surface area contributed by atoms with Crippen LogP contribution < -0.4 is 11.5 Å². The van der Waals surface area contributed by atoms with Gasteiger partial charge in [0.15, 0.2) is 0 Å². The lowest BCUT2D eigenvalue weighted by molar-refractivity contribution is 0.478. The zero-order valence-electron chi connectivity index (χ0n) is 6.90. The average Bonchev–Trinajstić information content (AvgIpc) is 2.11. The van der Waals surface area contributed by atoms with Gasteiger partial charge >= 0.3 is 0 Å². The number of hydrogen-bond acceptors (Lipinski definition) is 3. The first-order valence-corrected chi connectivity index (χ1v) is 3.56. The van der Waals surface area contributed by atoms with Crippen LogP contribution in [0.3, 0.4) is 0 Å². The van der Waals surface area contributed by atoms with Crippen LogP contribution in [0.4, 0.5) is 5.69 Å². The summed E-state index contributed by atoms with van der Waals surface area (Å²) in [7, 11) is 0. The number of benzene rings is 1. The normalized spacial score (nSPS) is 8.08. The number of rotatable bonds is 1. The van der Waals surface area contributed by atoms with Crippen LogP contribution in [-0.2, 0) is 0 Å². The van der Waals surface area contributed by atoms with Crippen LogP contribution in [0.1, 0.15) is 0 Å². The highest BCUT2D eigenvalue weighted by molar-refractivity contribution is 5.50. The Morgan fingerprint density at radius 2 is 1.92 bits per heavy atom. The second kappa shape index (κ2) is 6.24. The van der Waals surface area contributed by atoms with Crippen molar-refractivity contribution in [1.82, 2.24) is 0 Å². The zero-order valence-corrected chi connectivity index (χ0v) is 6.90. The summed E-state index contributed by atoms with van der Waals surface area (Å²) in [5, 5.41) is 8.79. The molecule has 0 aliphatic carbocycles. The summed E-state index contributed by atoms with van der Waals surface area (Å²) in [6.07, 6.45) is 1.65. The monoisotopic (exact) mass is 166 g/mol. The molecule has 5 N–H and O–H groups in total. The Morgan fingerprint density at radius 3 is 2.17 bits per heavy atom. The maximum absolute atomic E-state index is 8.79. The Balaban J connectivity index is 0.000000261. The molecule has 0 aliphatic rings. The molecule has 1 aromatic carbocycles. The first-order valence-electron chi connectivity index (χ1n) is 3.56. The van der Waals surface area contributed by atoms with Gasteiger partial charge in [0.05, 0.1) is 5.69 Å². The third-order valence-corrected chi connectivity index (χ3v) is 1.10. The third-order valence-electron chi connectivity index (χ3n) is 1.10. The van der Waals surface area contributed by atoms with E-state index in [1.165, 1.54) is 0 Å². The summed E-state index contributed by atoms with van der Waals surface area (Å²) in [5.74, 6) is 0.146. The lowest BCUT2D eigenvalue weighted by Gasteiger charge is -1.92. The molecule has 0 bridgehead atoms. The Labute approximate surface area is 72.3 Å². The number of nitrogen functional groups attached to an aromatic ring is 1. The topological polar surface area (TPSA) is 72.3 Å². The molecular weight excluding hydrogens is 152 g/mol. The average molecular weight is 166 g/mol. The maximum Gasteiger partial charge on any atom is 0.138 e. The number of para-hydroxylation sites is 2. The fraction of sp³-hybridized carbons (Fsp3) is 0.111. The van der Waals surface area contributed by atoms with Crippen molar-refractivity contribution in [3.8, 4) is 5.75 Å². The molecule has 3 heteroatoms. The molecule has 0 aromatic heterocycles. The van der Waals surface area contributed by atoms with E-state index in [0.717, 1.165) is 0 Å². The largest absolute Gasteiger partial charge is 0.506 e. The van der Waals surface area contributed by atoms with E-state index in [1.807, 2.05) is 0 Å². The minimum absolute atomic E-state index is 0.146. The predicted octanol–water partition coefficient (Wildman–Crippen LogP) is 1.11. The van der Waals surface area contributed by atoms with E-state index in [4.69, 9.17) is 16.6 Å². The molecule has 0 heterocycles. The molecule has 0 spiro atoms. The highest BCUT2D eigenvalue weighted by Gasteiger charge is 1.87. The van der Waals surface area contributed by atoms with Crippen LogP contribution in [-0.4, -0.2) is 11.7 Å². The molecule has 66 valence electrons. The molecule has 0 amide bonds. The second-order valence-corrected chi connectivity index (χ2v) is 2.08. The van der Waals surface area contributed by atoms with E-state index in [0.29, 0.717) is 12.2 Å². The SMILES string of the molecule is C=CCN.Nc1ccccc1O. The molecule has 1 rings (SSSR count). The van der Waals surface area contributed by atoms with Crippen LogP contribution in [0.5, 0.6) is 5.75 Å². The summed E-state index contributed by atoms with van der Waals surface area (Å²) in [5.41, 5.74) is 10.6.